The van der Waals surface area contributed by atoms with Crippen LogP contribution in [0.1, 0.15) is 48.9 Å². The zero-order valence-electron chi connectivity index (χ0n) is 21.1. The van der Waals surface area contributed by atoms with Gasteiger partial charge in [0.2, 0.25) is 17.7 Å². The predicted molar refractivity (Wildman–Crippen MR) is 139 cm³/mol. The van der Waals surface area contributed by atoms with Gasteiger partial charge in [-0.15, -0.1) is 11.8 Å². The van der Waals surface area contributed by atoms with E-state index in [2.05, 4.69) is 30.7 Å². The van der Waals surface area contributed by atoms with Crippen LogP contribution in [0.25, 0.3) is 0 Å². The highest BCUT2D eigenvalue weighted by molar-refractivity contribution is 7.99. The van der Waals surface area contributed by atoms with E-state index in [-0.39, 0.29) is 42.7 Å². The monoisotopic (exact) mass is 497 g/mol. The lowest BCUT2D eigenvalue weighted by molar-refractivity contribution is -0.152. The van der Waals surface area contributed by atoms with Gasteiger partial charge in [-0.1, -0.05) is 37.6 Å². The highest BCUT2D eigenvalue weighted by Crippen LogP contribution is 2.36. The van der Waals surface area contributed by atoms with E-state index in [1.807, 2.05) is 38.1 Å². The van der Waals surface area contributed by atoms with E-state index in [1.165, 1.54) is 23.7 Å². The van der Waals surface area contributed by atoms with Gasteiger partial charge in [-0.25, -0.2) is 0 Å². The molecule has 3 amide bonds. The number of likely N-dealkylation sites (tertiary alicyclic amines) is 1. The molecule has 0 spiro atoms. The fourth-order valence-electron chi connectivity index (χ4n) is 4.70. The Morgan fingerprint density at radius 1 is 1.09 bits per heavy atom. The van der Waals surface area contributed by atoms with Crippen molar-refractivity contribution in [3.63, 3.8) is 0 Å². The fraction of sp³-hybridized carbons (Fsp3) is 0.444. The van der Waals surface area contributed by atoms with Crippen LogP contribution in [-0.2, 0) is 27.2 Å². The Kier molecular flexibility index (Phi) is 8.61. The predicted octanol–water partition coefficient (Wildman–Crippen LogP) is 4.27. The normalized spacial score (nSPS) is 15.5. The lowest BCUT2D eigenvalue weighted by Crippen LogP contribution is -2.63. The number of likely N-dealkylation sites (N-methyl/N-ethyl adjacent to an activating group) is 1. The zero-order chi connectivity index (χ0) is 25.8. The highest BCUT2D eigenvalue weighted by atomic mass is 32.2. The summed E-state index contributed by atoms with van der Waals surface area (Å²) in [4.78, 5) is 41.8. The number of hydrogen-bond acceptors (Lipinski definition) is 6. The van der Waals surface area contributed by atoms with Gasteiger partial charge >= 0.3 is 0 Å². The molecule has 8 heteroatoms. The Bertz CT molecular complexity index is 1100. The van der Waals surface area contributed by atoms with Crippen molar-refractivity contribution in [3.8, 4) is 0 Å². The van der Waals surface area contributed by atoms with E-state index in [0.29, 0.717) is 11.6 Å². The van der Waals surface area contributed by atoms with Crippen LogP contribution in [0.4, 0.5) is 5.69 Å². The number of carbonyl (C=O) groups is 3. The van der Waals surface area contributed by atoms with Crippen molar-refractivity contribution in [3.05, 3.63) is 58.7 Å². The number of anilines is 1. The number of nitrogens with one attached hydrogen (secondary N) is 2. The van der Waals surface area contributed by atoms with Crippen LogP contribution in [0.2, 0.25) is 0 Å². The molecule has 0 bridgehead atoms. The van der Waals surface area contributed by atoms with Crippen LogP contribution in [0.5, 0.6) is 0 Å². The third-order valence-corrected chi connectivity index (χ3v) is 7.76. The summed E-state index contributed by atoms with van der Waals surface area (Å²) in [5.41, 5.74) is 5.41. The Labute approximate surface area is 211 Å². The molecule has 0 aliphatic carbocycles. The molecule has 2 aromatic rings. The van der Waals surface area contributed by atoms with Crippen molar-refractivity contribution in [2.24, 2.45) is 5.92 Å². The van der Waals surface area contributed by atoms with E-state index in [4.69, 9.17) is 0 Å². The molecule has 1 aliphatic heterocycles. The van der Waals surface area contributed by atoms with Gasteiger partial charge in [0.15, 0.2) is 0 Å². The lowest BCUT2D eigenvalue weighted by atomic mass is 9.85. The summed E-state index contributed by atoms with van der Waals surface area (Å²) in [5, 5.41) is 12.2. The second kappa shape index (κ2) is 11.3. The molecule has 0 radical (unpaired) electrons. The minimum absolute atomic E-state index is 0.109. The first kappa shape index (κ1) is 26.8. The average Bonchev–Trinajstić information content (AvgIpc) is 3.16. The fourth-order valence-corrected chi connectivity index (χ4v) is 5.91. The Morgan fingerprint density at radius 2 is 1.77 bits per heavy atom. The maximum Gasteiger partial charge on any atom is 0.247 e. The third-order valence-electron chi connectivity index (χ3n) is 6.37. The van der Waals surface area contributed by atoms with Crippen LogP contribution in [0.3, 0.4) is 0 Å². The van der Waals surface area contributed by atoms with Gasteiger partial charge in [0.25, 0.3) is 0 Å². The summed E-state index contributed by atoms with van der Waals surface area (Å²) in [6.45, 7) is 8.24. The number of imide groups is 1. The number of aryl methyl sites for hydroxylation is 2. The zero-order valence-corrected chi connectivity index (χ0v) is 21.9. The second-order valence-electron chi connectivity index (χ2n) is 9.66. The minimum Gasteiger partial charge on any atom is -0.357 e. The lowest BCUT2D eigenvalue weighted by Gasteiger charge is -2.39. The number of hydrogen-bond donors (Lipinski definition) is 3. The van der Waals surface area contributed by atoms with E-state index in [1.54, 1.807) is 6.07 Å². The molecule has 7 nitrogen and oxygen atoms in total. The number of rotatable bonds is 10. The molecule has 0 saturated carbocycles. The van der Waals surface area contributed by atoms with Gasteiger partial charge in [0.1, 0.15) is 5.54 Å². The largest absolute Gasteiger partial charge is 0.357 e. The topological polar surface area (TPSA) is 98.7 Å². The van der Waals surface area contributed by atoms with Crippen molar-refractivity contribution < 1.29 is 19.6 Å². The molecule has 1 heterocycles. The maximum atomic E-state index is 13.6. The standard InChI is InChI=1S/C27H35N3O4S/c1-17(2)12-21-14-22(29-34)8-7-20(21)15-27(26(33)28-5,30-24(31)10-11-25(30)32)16-35-23-9-6-18(3)13-19(23)4/h6-9,13-14,17,29,34H,10-12,15-16H2,1-5H3,(H,28,33)/t27-/m1/s1. The molecule has 0 unspecified atom stereocenters. The Hall–Kier alpha value is -2.84. The van der Waals surface area contributed by atoms with E-state index < -0.39 is 5.54 Å². The van der Waals surface area contributed by atoms with Gasteiger partial charge in [-0.2, -0.15) is 0 Å². The minimum atomic E-state index is -1.39. The molecule has 35 heavy (non-hydrogen) atoms. The molecule has 188 valence electrons. The van der Waals surface area contributed by atoms with Crippen molar-refractivity contribution in [1.29, 1.82) is 0 Å². The van der Waals surface area contributed by atoms with E-state index >= 15 is 0 Å². The van der Waals surface area contributed by atoms with E-state index in [9.17, 15) is 19.6 Å². The van der Waals surface area contributed by atoms with Crippen molar-refractivity contribution in [2.75, 3.05) is 18.3 Å². The maximum absolute atomic E-state index is 13.6. The number of thioether (sulfide) groups is 1. The molecule has 0 aromatic heterocycles. The summed E-state index contributed by atoms with van der Waals surface area (Å²) in [7, 11) is 1.54. The molecule has 1 aliphatic rings. The number of benzene rings is 2. The molecule has 3 rings (SSSR count). The molecule has 3 N–H and O–H groups in total. The summed E-state index contributed by atoms with van der Waals surface area (Å²) < 4.78 is 0. The molecule has 1 atom stereocenters. The van der Waals surface area contributed by atoms with Crippen LogP contribution in [0, 0.1) is 19.8 Å². The molecular formula is C27H35N3O4S. The van der Waals surface area contributed by atoms with E-state index in [0.717, 1.165) is 33.6 Å². The summed E-state index contributed by atoms with van der Waals surface area (Å²) in [6, 6.07) is 11.6. The molecular weight excluding hydrogens is 462 g/mol. The van der Waals surface area contributed by atoms with Crippen LogP contribution in [-0.4, -0.2) is 46.2 Å². The quantitative estimate of drug-likeness (QED) is 0.258. The number of amides is 3. The summed E-state index contributed by atoms with van der Waals surface area (Å²) >= 11 is 1.48. The molecule has 1 fully saturated rings. The Morgan fingerprint density at radius 3 is 2.34 bits per heavy atom. The van der Waals surface area contributed by atoms with Crippen LogP contribution in [0.15, 0.2) is 41.3 Å². The van der Waals surface area contributed by atoms with Gasteiger partial charge in [0, 0.05) is 37.0 Å². The SMILES string of the molecule is CNC(=O)[C@](CSc1ccc(C)cc1C)(Cc1ccc(NO)cc1CC(C)C)N1C(=O)CCC1=O. The molecule has 1 saturated heterocycles. The molecule has 2 aromatic carbocycles. The number of carbonyl (C=O) groups excluding carboxylic acids is 3. The summed E-state index contributed by atoms with van der Waals surface area (Å²) in [6.07, 6.45) is 1.13. The smallest absolute Gasteiger partial charge is 0.247 e. The van der Waals surface area contributed by atoms with Crippen molar-refractivity contribution in [2.45, 2.75) is 63.8 Å². The first-order valence-corrected chi connectivity index (χ1v) is 12.9. The third kappa shape index (κ3) is 5.87. The second-order valence-corrected chi connectivity index (χ2v) is 10.7. The van der Waals surface area contributed by atoms with Gasteiger partial charge in [-0.3, -0.25) is 30.0 Å². The van der Waals surface area contributed by atoms with Gasteiger partial charge in [-0.05, 0) is 61.1 Å². The van der Waals surface area contributed by atoms with Crippen molar-refractivity contribution in [1.82, 2.24) is 10.2 Å². The Balaban J connectivity index is 2.12. The number of nitrogens with zero attached hydrogens (tertiary/aromatic N) is 1. The van der Waals surface area contributed by atoms with Crippen molar-refractivity contribution >= 4 is 35.2 Å². The van der Waals surface area contributed by atoms with Gasteiger partial charge in [0.05, 0.1) is 5.69 Å². The summed E-state index contributed by atoms with van der Waals surface area (Å²) in [5.74, 6) is -0.442. The van der Waals surface area contributed by atoms with Crippen LogP contribution < -0.4 is 10.8 Å². The highest BCUT2D eigenvalue weighted by Gasteiger charge is 2.51. The average molecular weight is 498 g/mol. The van der Waals surface area contributed by atoms with Gasteiger partial charge < -0.3 is 5.32 Å². The van der Waals surface area contributed by atoms with Crippen LogP contribution >= 0.6 is 11.8 Å². The first-order chi connectivity index (χ1) is 16.6. The first-order valence-electron chi connectivity index (χ1n) is 11.9.